The van der Waals surface area contributed by atoms with E-state index in [9.17, 15) is 14.4 Å². The molecule has 0 aliphatic carbocycles. The maximum Gasteiger partial charge on any atom is 0.266 e. The Bertz CT molecular complexity index is 745. The number of thiocarbonyl (C=S) groups is 1. The summed E-state index contributed by atoms with van der Waals surface area (Å²) in [6.07, 6.45) is 5.35. The number of hydrogen-bond acceptors (Lipinski definition) is 6. The van der Waals surface area contributed by atoms with Gasteiger partial charge in [0.15, 0.2) is 0 Å². The molecule has 26 heavy (non-hydrogen) atoms. The summed E-state index contributed by atoms with van der Waals surface area (Å²) < 4.78 is 5.55. The van der Waals surface area contributed by atoms with Crippen molar-refractivity contribution in [2.75, 3.05) is 26.2 Å². The lowest BCUT2D eigenvalue weighted by atomic mass is 10.3. The largest absolute Gasteiger partial charge is 0.465 e. The third-order valence-electron chi connectivity index (χ3n) is 4.09. The molecular weight excluding hydrogens is 374 g/mol. The summed E-state index contributed by atoms with van der Waals surface area (Å²) in [5.74, 6) is 0.172. The molecule has 1 aromatic heterocycles. The molecule has 9 heteroatoms. The van der Waals surface area contributed by atoms with E-state index in [0.29, 0.717) is 40.9 Å². The molecule has 3 amide bonds. The van der Waals surface area contributed by atoms with E-state index in [0.717, 1.165) is 24.7 Å². The van der Waals surface area contributed by atoms with Crippen LogP contribution >= 0.6 is 24.0 Å². The van der Waals surface area contributed by atoms with Crippen molar-refractivity contribution in [3.63, 3.8) is 0 Å². The number of nitrogens with one attached hydrogen (secondary N) is 1. The van der Waals surface area contributed by atoms with Crippen LogP contribution in [-0.2, 0) is 14.4 Å². The average Bonchev–Trinajstić information content (AvgIpc) is 3.32. The number of amides is 3. The minimum absolute atomic E-state index is 0.108. The SMILES string of the molecule is O=C(CN1C(=O)C(=Cc2ccco2)SC1=S)NCCCN1CCCC1=O. The molecule has 0 spiro atoms. The van der Waals surface area contributed by atoms with Gasteiger partial charge in [-0.3, -0.25) is 19.3 Å². The van der Waals surface area contributed by atoms with Crippen molar-refractivity contribution in [1.82, 2.24) is 15.1 Å². The van der Waals surface area contributed by atoms with Crippen molar-refractivity contribution in [2.24, 2.45) is 0 Å². The first-order valence-electron chi connectivity index (χ1n) is 8.38. The molecule has 0 radical (unpaired) electrons. The summed E-state index contributed by atoms with van der Waals surface area (Å²) in [6.45, 7) is 1.79. The number of carbonyl (C=O) groups excluding carboxylic acids is 3. The fraction of sp³-hybridized carbons (Fsp3) is 0.412. The molecule has 2 aliphatic heterocycles. The second kappa shape index (κ2) is 8.50. The third-order valence-corrected chi connectivity index (χ3v) is 5.47. The first kappa shape index (κ1) is 18.7. The highest BCUT2D eigenvalue weighted by Gasteiger charge is 2.33. The van der Waals surface area contributed by atoms with E-state index in [4.69, 9.17) is 16.6 Å². The van der Waals surface area contributed by atoms with Crippen LogP contribution in [0.2, 0.25) is 0 Å². The van der Waals surface area contributed by atoms with Crippen LogP contribution in [0.4, 0.5) is 0 Å². The van der Waals surface area contributed by atoms with Crippen molar-refractivity contribution in [2.45, 2.75) is 19.3 Å². The molecule has 3 rings (SSSR count). The zero-order chi connectivity index (χ0) is 18.5. The molecule has 1 N–H and O–H groups in total. The molecule has 1 aromatic rings. The van der Waals surface area contributed by atoms with Gasteiger partial charge in [0.05, 0.1) is 11.2 Å². The average molecular weight is 393 g/mol. The zero-order valence-electron chi connectivity index (χ0n) is 14.1. The molecule has 0 saturated carbocycles. The molecule has 0 aromatic carbocycles. The van der Waals surface area contributed by atoms with E-state index in [1.807, 2.05) is 4.90 Å². The molecule has 0 unspecified atom stereocenters. The summed E-state index contributed by atoms with van der Waals surface area (Å²) in [4.78, 5) is 39.5. The maximum absolute atomic E-state index is 12.4. The van der Waals surface area contributed by atoms with Gasteiger partial charge in [0.25, 0.3) is 5.91 Å². The lowest BCUT2D eigenvalue weighted by Crippen LogP contribution is -2.40. The van der Waals surface area contributed by atoms with E-state index in [1.165, 1.54) is 11.2 Å². The fourth-order valence-corrected chi connectivity index (χ4v) is 4.01. The maximum atomic E-state index is 12.4. The normalized spacial score (nSPS) is 19.1. The fourth-order valence-electron chi connectivity index (χ4n) is 2.78. The Kier molecular flexibility index (Phi) is 6.10. The van der Waals surface area contributed by atoms with Gasteiger partial charge in [0, 0.05) is 32.1 Å². The van der Waals surface area contributed by atoms with Crippen molar-refractivity contribution in [1.29, 1.82) is 0 Å². The van der Waals surface area contributed by atoms with Gasteiger partial charge in [-0.25, -0.2) is 0 Å². The van der Waals surface area contributed by atoms with Crippen molar-refractivity contribution < 1.29 is 18.8 Å². The smallest absolute Gasteiger partial charge is 0.266 e. The van der Waals surface area contributed by atoms with Gasteiger partial charge >= 0.3 is 0 Å². The molecule has 2 aliphatic rings. The number of carbonyl (C=O) groups is 3. The molecule has 138 valence electrons. The van der Waals surface area contributed by atoms with E-state index in [1.54, 1.807) is 18.2 Å². The number of rotatable bonds is 7. The van der Waals surface area contributed by atoms with E-state index < -0.39 is 0 Å². The Hall–Kier alpha value is -2.13. The number of hydrogen-bond donors (Lipinski definition) is 1. The second-order valence-corrected chi connectivity index (χ2v) is 7.65. The summed E-state index contributed by atoms with van der Waals surface area (Å²) in [5.41, 5.74) is 0. The Morgan fingerprint density at radius 3 is 2.96 bits per heavy atom. The van der Waals surface area contributed by atoms with Crippen LogP contribution in [0.15, 0.2) is 27.7 Å². The van der Waals surface area contributed by atoms with Gasteiger partial charge < -0.3 is 14.6 Å². The molecule has 7 nitrogen and oxygen atoms in total. The minimum Gasteiger partial charge on any atom is -0.465 e. The van der Waals surface area contributed by atoms with Gasteiger partial charge in [-0.2, -0.15) is 0 Å². The van der Waals surface area contributed by atoms with Crippen molar-refractivity contribution >= 4 is 52.1 Å². The predicted molar refractivity (Wildman–Crippen MR) is 102 cm³/mol. The van der Waals surface area contributed by atoms with Crippen LogP contribution in [0.3, 0.4) is 0 Å². The monoisotopic (exact) mass is 393 g/mol. The second-order valence-electron chi connectivity index (χ2n) is 5.97. The number of nitrogens with zero attached hydrogens (tertiary/aromatic N) is 2. The van der Waals surface area contributed by atoms with Crippen LogP contribution in [-0.4, -0.2) is 58.0 Å². The van der Waals surface area contributed by atoms with E-state index in [-0.39, 0.29) is 24.3 Å². The Morgan fingerprint density at radius 2 is 2.27 bits per heavy atom. The number of thioether (sulfide) groups is 1. The minimum atomic E-state index is -0.297. The topological polar surface area (TPSA) is 82.9 Å². The number of furan rings is 1. The van der Waals surface area contributed by atoms with Gasteiger partial charge in [-0.05, 0) is 25.0 Å². The highest BCUT2D eigenvalue weighted by Crippen LogP contribution is 2.32. The lowest BCUT2D eigenvalue weighted by molar-refractivity contribution is -0.129. The first-order valence-corrected chi connectivity index (χ1v) is 9.60. The van der Waals surface area contributed by atoms with Crippen LogP contribution in [0.25, 0.3) is 6.08 Å². The third kappa shape index (κ3) is 4.53. The Morgan fingerprint density at radius 1 is 1.42 bits per heavy atom. The van der Waals surface area contributed by atoms with Crippen LogP contribution in [0.1, 0.15) is 25.0 Å². The standard InChI is InChI=1S/C17H19N3O4S2/c21-14(18-6-3-8-19-7-1-5-15(19)22)11-20-16(23)13(26-17(20)25)10-12-4-2-9-24-12/h2,4,9-10H,1,3,5-8,11H2,(H,18,21). The van der Waals surface area contributed by atoms with Crippen molar-refractivity contribution in [3.05, 3.63) is 29.1 Å². The zero-order valence-corrected chi connectivity index (χ0v) is 15.7. The van der Waals surface area contributed by atoms with E-state index in [2.05, 4.69) is 5.32 Å². The van der Waals surface area contributed by atoms with E-state index >= 15 is 0 Å². The van der Waals surface area contributed by atoms with Gasteiger partial charge in [-0.15, -0.1) is 0 Å². The summed E-state index contributed by atoms with van der Waals surface area (Å²) in [6, 6.07) is 3.47. The molecule has 3 heterocycles. The molecule has 2 saturated heterocycles. The van der Waals surface area contributed by atoms with Crippen LogP contribution in [0, 0.1) is 0 Å². The molecule has 0 atom stereocenters. The highest BCUT2D eigenvalue weighted by molar-refractivity contribution is 8.26. The molecular formula is C17H19N3O4S2. The quantitative estimate of drug-likeness (QED) is 0.431. The summed E-state index contributed by atoms with van der Waals surface area (Å²) in [7, 11) is 0. The summed E-state index contributed by atoms with van der Waals surface area (Å²) in [5, 5.41) is 2.77. The predicted octanol–water partition coefficient (Wildman–Crippen LogP) is 1.61. The Labute approximate surface area is 160 Å². The van der Waals surface area contributed by atoms with Gasteiger partial charge in [-0.1, -0.05) is 24.0 Å². The van der Waals surface area contributed by atoms with Gasteiger partial charge in [0.2, 0.25) is 11.8 Å². The number of likely N-dealkylation sites (tertiary alicyclic amines) is 1. The highest BCUT2D eigenvalue weighted by atomic mass is 32.2. The van der Waals surface area contributed by atoms with Crippen molar-refractivity contribution in [3.8, 4) is 0 Å². The first-order chi connectivity index (χ1) is 12.5. The van der Waals surface area contributed by atoms with Crippen LogP contribution in [0.5, 0.6) is 0 Å². The summed E-state index contributed by atoms with van der Waals surface area (Å²) >= 11 is 6.35. The lowest BCUT2D eigenvalue weighted by Gasteiger charge is -2.16. The Balaban J connectivity index is 1.44. The van der Waals surface area contributed by atoms with Gasteiger partial charge in [0.1, 0.15) is 16.6 Å². The molecule has 0 bridgehead atoms. The molecule has 2 fully saturated rings. The van der Waals surface area contributed by atoms with Crippen LogP contribution < -0.4 is 5.32 Å².